The zero-order valence-corrected chi connectivity index (χ0v) is 14.4. The molecule has 1 aliphatic heterocycles. The van der Waals surface area contributed by atoms with Gasteiger partial charge in [0.25, 0.3) is 0 Å². The number of nitrogens with one attached hydrogen (secondary N) is 1. The maximum atomic E-state index is 12.5. The number of thioether (sulfide) groups is 1. The Bertz CT molecular complexity index is 749. The zero-order valence-electron chi connectivity index (χ0n) is 13.5. The molecular formula is C18H18N2O3S. The number of carbonyl (C=O) groups is 2. The fourth-order valence-electron chi connectivity index (χ4n) is 2.73. The highest BCUT2D eigenvalue weighted by Gasteiger charge is 2.44. The van der Waals surface area contributed by atoms with Crippen LogP contribution in [0.15, 0.2) is 47.5 Å². The first kappa shape index (κ1) is 17.8. The molecule has 1 aromatic carbocycles. The van der Waals surface area contributed by atoms with Crippen LogP contribution >= 0.6 is 11.8 Å². The summed E-state index contributed by atoms with van der Waals surface area (Å²) in [6.07, 6.45) is 1.69. The van der Waals surface area contributed by atoms with E-state index in [4.69, 9.17) is 4.74 Å². The van der Waals surface area contributed by atoms with Crippen molar-refractivity contribution >= 4 is 23.6 Å². The number of nitriles is 1. The van der Waals surface area contributed by atoms with Crippen LogP contribution in [0.1, 0.15) is 17.0 Å². The molecule has 2 rings (SSSR count). The lowest BCUT2D eigenvalue weighted by Gasteiger charge is -2.31. The Morgan fingerprint density at radius 2 is 2.21 bits per heavy atom. The number of benzene rings is 1. The monoisotopic (exact) mass is 342 g/mol. The molecule has 0 bridgehead atoms. The highest BCUT2D eigenvalue weighted by Crippen LogP contribution is 2.41. The Hall–Kier alpha value is -2.52. The van der Waals surface area contributed by atoms with Gasteiger partial charge in [-0.2, -0.15) is 5.26 Å². The van der Waals surface area contributed by atoms with Gasteiger partial charge in [0, 0.05) is 11.7 Å². The van der Waals surface area contributed by atoms with Gasteiger partial charge < -0.3 is 10.1 Å². The van der Waals surface area contributed by atoms with Crippen molar-refractivity contribution in [3.63, 3.8) is 0 Å². The molecule has 0 saturated carbocycles. The summed E-state index contributed by atoms with van der Waals surface area (Å²) in [6, 6.07) is 9.60. The fourth-order valence-corrected chi connectivity index (χ4v) is 3.52. The first-order chi connectivity index (χ1) is 11.5. The molecule has 0 aliphatic carbocycles. The van der Waals surface area contributed by atoms with E-state index in [1.807, 2.05) is 31.2 Å². The molecule has 124 valence electrons. The maximum Gasteiger partial charge on any atom is 0.319 e. The Kier molecular flexibility index (Phi) is 5.83. The number of nitrogens with zero attached hydrogens (tertiary/aromatic N) is 1. The van der Waals surface area contributed by atoms with Crippen molar-refractivity contribution in [3.8, 4) is 6.07 Å². The molecule has 1 N–H and O–H groups in total. The molecule has 1 amide bonds. The normalized spacial score (nSPS) is 20.1. The van der Waals surface area contributed by atoms with Crippen molar-refractivity contribution in [1.82, 2.24) is 5.32 Å². The summed E-state index contributed by atoms with van der Waals surface area (Å²) in [5.74, 6) is -2.31. The van der Waals surface area contributed by atoms with Crippen molar-refractivity contribution in [1.29, 1.82) is 5.26 Å². The van der Waals surface area contributed by atoms with Gasteiger partial charge in [0.2, 0.25) is 5.91 Å². The van der Waals surface area contributed by atoms with E-state index in [-0.39, 0.29) is 0 Å². The summed E-state index contributed by atoms with van der Waals surface area (Å²) < 4.78 is 4.81. The summed E-state index contributed by atoms with van der Waals surface area (Å²) >= 11 is 1.31. The van der Waals surface area contributed by atoms with E-state index in [0.29, 0.717) is 16.4 Å². The van der Waals surface area contributed by atoms with Crippen LogP contribution in [0, 0.1) is 24.2 Å². The van der Waals surface area contributed by atoms with E-state index in [2.05, 4.69) is 18.0 Å². The minimum Gasteiger partial charge on any atom is -0.468 e. The number of esters is 1. The molecule has 1 heterocycles. The van der Waals surface area contributed by atoms with Crippen molar-refractivity contribution in [2.75, 3.05) is 12.9 Å². The number of hydrogen-bond acceptors (Lipinski definition) is 5. The topological polar surface area (TPSA) is 79.2 Å². The van der Waals surface area contributed by atoms with Crippen LogP contribution in [0.4, 0.5) is 0 Å². The number of rotatable bonds is 5. The first-order valence-electron chi connectivity index (χ1n) is 7.37. The Morgan fingerprint density at radius 1 is 1.50 bits per heavy atom. The van der Waals surface area contributed by atoms with E-state index in [0.717, 1.165) is 11.1 Å². The molecule has 1 aromatic rings. The molecule has 6 heteroatoms. The van der Waals surface area contributed by atoms with Crippen LogP contribution in [-0.2, 0) is 14.3 Å². The predicted molar refractivity (Wildman–Crippen MR) is 92.9 cm³/mol. The van der Waals surface area contributed by atoms with E-state index in [1.54, 1.807) is 6.08 Å². The third-order valence-electron chi connectivity index (χ3n) is 3.85. The van der Waals surface area contributed by atoms with Gasteiger partial charge in [-0.15, -0.1) is 18.3 Å². The third kappa shape index (κ3) is 3.36. The smallest absolute Gasteiger partial charge is 0.319 e. The average Bonchev–Trinajstić information content (AvgIpc) is 2.59. The first-order valence-corrected chi connectivity index (χ1v) is 8.35. The molecule has 0 radical (unpaired) electrons. The van der Waals surface area contributed by atoms with Crippen LogP contribution in [0.25, 0.3) is 0 Å². The number of methoxy groups -OCH3 is 1. The Morgan fingerprint density at radius 3 is 2.79 bits per heavy atom. The molecule has 2 atom stereocenters. The Balaban J connectivity index is 2.65. The fraction of sp³-hybridized carbons (Fsp3) is 0.278. The second-order valence-corrected chi connectivity index (χ2v) is 6.31. The van der Waals surface area contributed by atoms with Gasteiger partial charge in [0.05, 0.1) is 23.8 Å². The van der Waals surface area contributed by atoms with Crippen molar-refractivity contribution < 1.29 is 14.3 Å². The second kappa shape index (κ2) is 7.84. The highest BCUT2D eigenvalue weighted by atomic mass is 32.2. The van der Waals surface area contributed by atoms with Gasteiger partial charge in [0.1, 0.15) is 5.92 Å². The lowest BCUT2D eigenvalue weighted by atomic mass is 9.77. The molecule has 24 heavy (non-hydrogen) atoms. The number of amides is 1. The number of allylic oxidation sites excluding steroid dienone is 1. The van der Waals surface area contributed by atoms with Gasteiger partial charge in [-0.25, -0.2) is 0 Å². The van der Waals surface area contributed by atoms with Gasteiger partial charge >= 0.3 is 5.97 Å². The number of ether oxygens (including phenoxy) is 1. The number of carbonyl (C=O) groups excluding carboxylic acids is 2. The van der Waals surface area contributed by atoms with E-state index in [1.165, 1.54) is 18.9 Å². The second-order valence-electron chi connectivity index (χ2n) is 5.28. The van der Waals surface area contributed by atoms with E-state index in [9.17, 15) is 14.9 Å². The number of aryl methyl sites for hydroxylation is 1. The predicted octanol–water partition coefficient (Wildman–Crippen LogP) is 2.65. The van der Waals surface area contributed by atoms with Gasteiger partial charge in [-0.3, -0.25) is 9.59 Å². The minimum atomic E-state index is -1.08. The number of hydrogen-bond donors (Lipinski definition) is 1. The van der Waals surface area contributed by atoms with Crippen LogP contribution in [-0.4, -0.2) is 24.7 Å². The molecule has 1 aliphatic rings. The van der Waals surface area contributed by atoms with E-state index < -0.39 is 23.7 Å². The molecule has 0 aromatic heterocycles. The van der Waals surface area contributed by atoms with Crippen LogP contribution in [0.5, 0.6) is 0 Å². The summed E-state index contributed by atoms with van der Waals surface area (Å²) in [5, 5.41) is 12.8. The quantitative estimate of drug-likeness (QED) is 0.505. The standard InChI is InChI=1S/C18H18N2O3S/c1-4-9-24-17-13(10-19)14(12-8-6-5-7-11(12)2)15(16(21)20-17)18(22)23-3/h4-8,14-15H,1,9H2,2-3H3,(H,20,21)/t14-,15-/m0/s1. The Labute approximate surface area is 145 Å². The highest BCUT2D eigenvalue weighted by molar-refractivity contribution is 8.03. The van der Waals surface area contributed by atoms with Crippen molar-refractivity contribution in [3.05, 3.63) is 58.6 Å². The van der Waals surface area contributed by atoms with Gasteiger partial charge in [-0.1, -0.05) is 30.3 Å². The van der Waals surface area contributed by atoms with E-state index >= 15 is 0 Å². The minimum absolute atomic E-state index is 0.367. The largest absolute Gasteiger partial charge is 0.468 e. The third-order valence-corrected chi connectivity index (χ3v) is 4.87. The van der Waals surface area contributed by atoms with Crippen LogP contribution in [0.3, 0.4) is 0 Å². The summed E-state index contributed by atoms with van der Waals surface area (Å²) in [6.45, 7) is 5.54. The van der Waals surface area contributed by atoms with Gasteiger partial charge in [-0.05, 0) is 18.1 Å². The lowest BCUT2D eigenvalue weighted by Crippen LogP contribution is -2.44. The summed E-state index contributed by atoms with van der Waals surface area (Å²) in [7, 11) is 1.24. The van der Waals surface area contributed by atoms with Crippen molar-refractivity contribution in [2.24, 2.45) is 5.92 Å². The molecule has 0 unspecified atom stereocenters. The lowest BCUT2D eigenvalue weighted by molar-refractivity contribution is -0.150. The SMILES string of the molecule is C=CCSC1=C(C#N)[C@H](c2ccccc2C)[C@H](C(=O)OC)C(=O)N1. The summed E-state index contributed by atoms with van der Waals surface area (Å²) in [4.78, 5) is 24.7. The average molecular weight is 342 g/mol. The van der Waals surface area contributed by atoms with Crippen LogP contribution < -0.4 is 5.32 Å². The molecule has 0 spiro atoms. The van der Waals surface area contributed by atoms with Gasteiger partial charge in [0.15, 0.2) is 0 Å². The van der Waals surface area contributed by atoms with Crippen LogP contribution in [0.2, 0.25) is 0 Å². The molecule has 0 saturated heterocycles. The molecule has 0 fully saturated rings. The zero-order chi connectivity index (χ0) is 17.7. The van der Waals surface area contributed by atoms with Crippen molar-refractivity contribution in [2.45, 2.75) is 12.8 Å². The summed E-state index contributed by atoms with van der Waals surface area (Å²) in [5.41, 5.74) is 2.05. The molecule has 5 nitrogen and oxygen atoms in total. The maximum absolute atomic E-state index is 12.5. The molecular weight excluding hydrogens is 324 g/mol.